The highest BCUT2D eigenvalue weighted by Gasteiger charge is 2.14. The Bertz CT molecular complexity index is 135. The summed E-state index contributed by atoms with van der Waals surface area (Å²) in [5.74, 6) is 0. The maximum Gasteiger partial charge on any atom is 0.131 e. The third-order valence-electron chi connectivity index (χ3n) is 1.08. The lowest BCUT2D eigenvalue weighted by atomic mass is 10.8. The van der Waals surface area contributed by atoms with Crippen molar-refractivity contribution < 1.29 is 0 Å². The summed E-state index contributed by atoms with van der Waals surface area (Å²) in [5, 5.41) is 5.37. The summed E-state index contributed by atoms with van der Waals surface area (Å²) in [6.45, 7) is 0. The zero-order valence-electron chi connectivity index (χ0n) is 5.59. The van der Waals surface area contributed by atoms with Crippen LogP contribution in [0.1, 0.15) is 0 Å². The van der Waals surface area contributed by atoms with Crippen molar-refractivity contribution >= 4 is 21.0 Å². The van der Waals surface area contributed by atoms with E-state index in [-0.39, 0.29) is 0 Å². The molecule has 1 rings (SSSR count). The molecule has 52 valence electrons. The van der Waals surface area contributed by atoms with Gasteiger partial charge in [-0.2, -0.15) is 0 Å². The molecule has 9 heavy (non-hydrogen) atoms. The van der Waals surface area contributed by atoms with E-state index in [4.69, 9.17) is 0 Å². The van der Waals surface area contributed by atoms with Crippen LogP contribution in [0.4, 0.5) is 0 Å². The number of rotatable bonds is 1. The van der Waals surface area contributed by atoms with Gasteiger partial charge in [0.05, 0.1) is 0 Å². The Labute approximate surface area is 62.3 Å². The van der Waals surface area contributed by atoms with E-state index < -0.39 is 0 Å². The fraction of sp³-hybridized carbons (Fsp3) is 0.600. The minimum Gasteiger partial charge on any atom is -0.361 e. The summed E-state index contributed by atoms with van der Waals surface area (Å²) in [7, 11) is 6.76. The van der Waals surface area contributed by atoms with Crippen LogP contribution in [0.5, 0.6) is 0 Å². The smallest absolute Gasteiger partial charge is 0.131 e. The molecule has 1 aliphatic heterocycles. The maximum atomic E-state index is 3.27. The first-order valence-corrected chi connectivity index (χ1v) is 4.26. The number of hydrogen-bond acceptors (Lipinski definition) is 3. The maximum absolute atomic E-state index is 3.27. The molecule has 1 aliphatic rings. The standard InChI is InChI=1S/C5H11N2PS/c1-7(2)5-6-4(8)3-9-5/h3,5-6H,8H2,1-2H3. The van der Waals surface area contributed by atoms with E-state index in [1.165, 1.54) is 5.44 Å². The normalized spacial score (nSPS) is 26.2. The van der Waals surface area contributed by atoms with Gasteiger partial charge in [0.1, 0.15) is 5.50 Å². The fourth-order valence-corrected chi connectivity index (χ4v) is 1.90. The minimum absolute atomic E-state index is 0.428. The first kappa shape index (κ1) is 7.39. The second-order valence-corrected chi connectivity index (χ2v) is 3.75. The van der Waals surface area contributed by atoms with Gasteiger partial charge in [0, 0.05) is 5.44 Å². The molecule has 0 aliphatic carbocycles. The predicted molar refractivity (Wildman–Crippen MR) is 46.0 cm³/mol. The quantitative estimate of drug-likeness (QED) is 0.575. The van der Waals surface area contributed by atoms with Crippen molar-refractivity contribution in [1.29, 1.82) is 0 Å². The summed E-state index contributed by atoms with van der Waals surface area (Å²) in [6.07, 6.45) is 0. The topological polar surface area (TPSA) is 15.3 Å². The molecule has 0 bridgehead atoms. The SMILES string of the molecule is CN(C)C1NC(P)=CS1. The van der Waals surface area contributed by atoms with Gasteiger partial charge in [-0.3, -0.25) is 4.90 Å². The molecule has 1 heterocycles. The van der Waals surface area contributed by atoms with Crippen molar-refractivity contribution in [3.63, 3.8) is 0 Å². The van der Waals surface area contributed by atoms with Gasteiger partial charge in [0.15, 0.2) is 0 Å². The predicted octanol–water partition coefficient (Wildman–Crippen LogP) is 0.842. The highest BCUT2D eigenvalue weighted by Crippen LogP contribution is 2.24. The molecule has 4 heteroatoms. The van der Waals surface area contributed by atoms with E-state index >= 15 is 0 Å². The van der Waals surface area contributed by atoms with Crippen molar-refractivity contribution in [1.82, 2.24) is 10.2 Å². The van der Waals surface area contributed by atoms with Crippen molar-refractivity contribution in [2.45, 2.75) is 5.50 Å². The number of hydrogen-bond donors (Lipinski definition) is 1. The third kappa shape index (κ3) is 1.85. The van der Waals surface area contributed by atoms with Crippen LogP contribution in [0, 0.1) is 0 Å². The molecule has 0 radical (unpaired) electrons. The largest absolute Gasteiger partial charge is 0.361 e. The number of thioether (sulfide) groups is 1. The van der Waals surface area contributed by atoms with Crippen molar-refractivity contribution in [3.05, 3.63) is 10.8 Å². The summed E-state index contributed by atoms with van der Waals surface area (Å²) in [4.78, 5) is 2.14. The molecule has 0 spiro atoms. The molecule has 0 aromatic rings. The van der Waals surface area contributed by atoms with Crippen molar-refractivity contribution in [2.24, 2.45) is 0 Å². The highest BCUT2D eigenvalue weighted by atomic mass is 32.2. The van der Waals surface area contributed by atoms with Gasteiger partial charge in [-0.25, -0.2) is 0 Å². The summed E-state index contributed by atoms with van der Waals surface area (Å²) in [5.41, 5.74) is 1.61. The van der Waals surface area contributed by atoms with E-state index in [0.717, 1.165) is 0 Å². The Morgan fingerprint density at radius 3 is 2.67 bits per heavy atom. The van der Waals surface area contributed by atoms with Crippen LogP contribution in [0.15, 0.2) is 10.8 Å². The molecule has 1 N–H and O–H groups in total. The number of nitrogens with zero attached hydrogens (tertiary/aromatic N) is 1. The van der Waals surface area contributed by atoms with Crippen LogP contribution in [0.2, 0.25) is 0 Å². The zero-order valence-corrected chi connectivity index (χ0v) is 7.56. The number of nitrogens with one attached hydrogen (secondary N) is 1. The Kier molecular flexibility index (Phi) is 2.39. The van der Waals surface area contributed by atoms with Crippen molar-refractivity contribution in [2.75, 3.05) is 14.1 Å². The van der Waals surface area contributed by atoms with Crippen LogP contribution >= 0.6 is 21.0 Å². The second kappa shape index (κ2) is 2.91. The lowest BCUT2D eigenvalue weighted by Gasteiger charge is -2.18. The molecule has 0 saturated carbocycles. The minimum atomic E-state index is 0.428. The zero-order chi connectivity index (χ0) is 6.85. The van der Waals surface area contributed by atoms with Gasteiger partial charge < -0.3 is 5.32 Å². The molecule has 0 aromatic carbocycles. The monoisotopic (exact) mass is 162 g/mol. The van der Waals surface area contributed by atoms with Gasteiger partial charge in [-0.05, 0) is 19.5 Å². The molecule has 2 unspecified atom stereocenters. The molecule has 0 amide bonds. The molecular formula is C5H11N2PS. The van der Waals surface area contributed by atoms with Crippen LogP contribution < -0.4 is 5.32 Å². The van der Waals surface area contributed by atoms with E-state index in [1.807, 2.05) is 0 Å². The van der Waals surface area contributed by atoms with Crippen LogP contribution in [0.3, 0.4) is 0 Å². The summed E-state index contributed by atoms with van der Waals surface area (Å²) < 4.78 is 0. The fourth-order valence-electron chi connectivity index (χ4n) is 0.599. The molecule has 0 fully saturated rings. The van der Waals surface area contributed by atoms with Gasteiger partial charge in [0.2, 0.25) is 0 Å². The van der Waals surface area contributed by atoms with E-state index in [9.17, 15) is 0 Å². The third-order valence-corrected chi connectivity index (χ3v) is 2.85. The van der Waals surface area contributed by atoms with E-state index in [2.05, 4.69) is 39.0 Å². The first-order chi connectivity index (χ1) is 4.20. The van der Waals surface area contributed by atoms with Gasteiger partial charge in [0.25, 0.3) is 0 Å². The molecule has 2 atom stereocenters. The Hall–Kier alpha value is 0.280. The van der Waals surface area contributed by atoms with Crippen LogP contribution in [0.25, 0.3) is 0 Å². The van der Waals surface area contributed by atoms with Crippen molar-refractivity contribution in [3.8, 4) is 0 Å². The molecule has 0 aromatic heterocycles. The van der Waals surface area contributed by atoms with Gasteiger partial charge in [-0.15, -0.1) is 0 Å². The summed E-state index contributed by atoms with van der Waals surface area (Å²) >= 11 is 1.79. The highest BCUT2D eigenvalue weighted by molar-refractivity contribution is 8.03. The molecule has 2 nitrogen and oxygen atoms in total. The van der Waals surface area contributed by atoms with Gasteiger partial charge in [-0.1, -0.05) is 21.0 Å². The lowest BCUT2D eigenvalue weighted by molar-refractivity contribution is 0.361. The van der Waals surface area contributed by atoms with Gasteiger partial charge >= 0.3 is 0 Å². The Morgan fingerprint density at radius 1 is 1.78 bits per heavy atom. The van der Waals surface area contributed by atoms with E-state index in [1.54, 1.807) is 11.8 Å². The average molecular weight is 162 g/mol. The molecular weight excluding hydrogens is 151 g/mol. The average Bonchev–Trinajstić information content (AvgIpc) is 2.14. The Balaban J connectivity index is 2.37. The lowest BCUT2D eigenvalue weighted by Crippen LogP contribution is -2.33. The summed E-state index contributed by atoms with van der Waals surface area (Å²) in [6, 6.07) is 0. The first-order valence-electron chi connectivity index (χ1n) is 2.74. The van der Waals surface area contributed by atoms with Crippen LogP contribution in [-0.4, -0.2) is 24.5 Å². The van der Waals surface area contributed by atoms with Crippen LogP contribution in [-0.2, 0) is 0 Å². The Morgan fingerprint density at radius 2 is 2.44 bits per heavy atom. The van der Waals surface area contributed by atoms with E-state index in [0.29, 0.717) is 5.50 Å². The molecule has 0 saturated heterocycles. The second-order valence-electron chi connectivity index (χ2n) is 2.17.